The van der Waals surface area contributed by atoms with E-state index in [9.17, 15) is 14.0 Å². The smallest absolute Gasteiger partial charge is 0.330 e. The van der Waals surface area contributed by atoms with Gasteiger partial charge in [-0.1, -0.05) is 18.1 Å². The molecule has 0 heterocycles. The molecule has 1 rings (SSSR count). The molecular weight excluding hydrogens is 261 g/mol. The number of terminal acetylenes is 1. The molecule has 0 aliphatic rings. The molecule has 0 fully saturated rings. The molecule has 1 N–H and O–H groups in total. The van der Waals surface area contributed by atoms with Gasteiger partial charge in [0.2, 0.25) is 5.91 Å². The summed E-state index contributed by atoms with van der Waals surface area (Å²) < 4.78 is 17.8. The topological polar surface area (TPSA) is 55.4 Å². The highest BCUT2D eigenvalue weighted by Gasteiger charge is 2.30. The van der Waals surface area contributed by atoms with Crippen LogP contribution in [-0.2, 0) is 14.3 Å². The largest absolute Gasteiger partial charge is 0.464 e. The van der Waals surface area contributed by atoms with Gasteiger partial charge in [-0.05, 0) is 24.6 Å². The van der Waals surface area contributed by atoms with E-state index in [1.807, 2.05) is 0 Å². The Kier molecular flexibility index (Phi) is 5.73. The summed E-state index contributed by atoms with van der Waals surface area (Å²) >= 11 is 0. The number of esters is 1. The van der Waals surface area contributed by atoms with Crippen LogP contribution in [0, 0.1) is 18.2 Å². The SMILES string of the molecule is C#C[C@@H](c1ccc(F)cc1)[C@H](NC(C)=O)C(=O)OCC. The van der Waals surface area contributed by atoms with Crippen LogP contribution < -0.4 is 5.32 Å². The highest BCUT2D eigenvalue weighted by atomic mass is 19.1. The number of halogens is 1. The lowest BCUT2D eigenvalue weighted by atomic mass is 9.92. The number of hydrogen-bond acceptors (Lipinski definition) is 3. The highest BCUT2D eigenvalue weighted by molar-refractivity contribution is 5.84. The molecule has 0 aliphatic carbocycles. The fourth-order valence-corrected chi connectivity index (χ4v) is 1.78. The zero-order chi connectivity index (χ0) is 15.1. The van der Waals surface area contributed by atoms with Crippen LogP contribution in [0.5, 0.6) is 0 Å². The molecule has 1 aromatic carbocycles. The summed E-state index contributed by atoms with van der Waals surface area (Å²) in [7, 11) is 0. The summed E-state index contributed by atoms with van der Waals surface area (Å²) in [5.74, 6) is 0.302. The third kappa shape index (κ3) is 4.09. The van der Waals surface area contributed by atoms with Crippen LogP contribution in [0.25, 0.3) is 0 Å². The Bertz CT molecular complexity index is 519. The van der Waals surface area contributed by atoms with Crippen LogP contribution >= 0.6 is 0 Å². The number of ether oxygens (including phenoxy) is 1. The molecule has 1 amide bonds. The minimum Gasteiger partial charge on any atom is -0.464 e. The second-order valence-corrected chi connectivity index (χ2v) is 4.13. The van der Waals surface area contributed by atoms with E-state index in [0.29, 0.717) is 5.56 Å². The van der Waals surface area contributed by atoms with Crippen molar-refractivity contribution in [3.63, 3.8) is 0 Å². The number of benzene rings is 1. The van der Waals surface area contributed by atoms with E-state index in [0.717, 1.165) is 0 Å². The molecule has 5 heteroatoms. The Morgan fingerprint density at radius 3 is 2.45 bits per heavy atom. The van der Waals surface area contributed by atoms with Crippen molar-refractivity contribution >= 4 is 11.9 Å². The molecule has 0 saturated carbocycles. The molecule has 2 atom stereocenters. The van der Waals surface area contributed by atoms with Crippen molar-refractivity contribution in [1.29, 1.82) is 0 Å². The van der Waals surface area contributed by atoms with E-state index in [4.69, 9.17) is 11.2 Å². The second-order valence-electron chi connectivity index (χ2n) is 4.13. The van der Waals surface area contributed by atoms with Crippen molar-refractivity contribution in [2.24, 2.45) is 0 Å². The summed E-state index contributed by atoms with van der Waals surface area (Å²) in [6.07, 6.45) is 5.45. The van der Waals surface area contributed by atoms with Crippen molar-refractivity contribution in [2.45, 2.75) is 25.8 Å². The Morgan fingerprint density at radius 2 is 2.00 bits per heavy atom. The minimum absolute atomic E-state index is 0.176. The highest BCUT2D eigenvalue weighted by Crippen LogP contribution is 2.20. The molecular formula is C15H16FNO3. The van der Waals surface area contributed by atoms with Crippen LogP contribution in [-0.4, -0.2) is 24.5 Å². The standard InChI is InChI=1S/C15H16FNO3/c1-4-13(11-6-8-12(16)9-7-11)14(17-10(3)18)15(19)20-5-2/h1,6-9,13-14H,5H2,2-3H3,(H,17,18)/t13-,14-/m0/s1. The van der Waals surface area contributed by atoms with Crippen LogP contribution in [0.3, 0.4) is 0 Å². The summed E-state index contributed by atoms with van der Waals surface area (Å²) in [5, 5.41) is 2.48. The van der Waals surface area contributed by atoms with Gasteiger partial charge in [0.05, 0.1) is 12.5 Å². The van der Waals surface area contributed by atoms with Crippen molar-refractivity contribution in [1.82, 2.24) is 5.32 Å². The van der Waals surface area contributed by atoms with Crippen molar-refractivity contribution in [3.05, 3.63) is 35.6 Å². The minimum atomic E-state index is -0.997. The van der Waals surface area contributed by atoms with Crippen LogP contribution in [0.4, 0.5) is 4.39 Å². The molecule has 0 spiro atoms. The second kappa shape index (κ2) is 7.29. The Morgan fingerprint density at radius 1 is 1.40 bits per heavy atom. The maximum atomic E-state index is 12.9. The zero-order valence-corrected chi connectivity index (χ0v) is 11.4. The van der Waals surface area contributed by atoms with Gasteiger partial charge in [-0.15, -0.1) is 6.42 Å². The number of hydrogen-bond donors (Lipinski definition) is 1. The van der Waals surface area contributed by atoms with Gasteiger partial charge in [0, 0.05) is 6.92 Å². The first-order chi connectivity index (χ1) is 9.49. The Labute approximate surface area is 117 Å². The predicted octanol–water partition coefficient (Wildman–Crippen LogP) is 1.61. The van der Waals surface area contributed by atoms with E-state index >= 15 is 0 Å². The number of carbonyl (C=O) groups excluding carboxylic acids is 2. The van der Waals surface area contributed by atoms with Gasteiger partial charge in [0.25, 0.3) is 0 Å². The van der Waals surface area contributed by atoms with Crippen molar-refractivity contribution in [3.8, 4) is 12.3 Å². The Balaban J connectivity index is 3.07. The van der Waals surface area contributed by atoms with E-state index in [2.05, 4.69) is 11.2 Å². The van der Waals surface area contributed by atoms with Gasteiger partial charge >= 0.3 is 5.97 Å². The maximum Gasteiger partial charge on any atom is 0.330 e. The number of amides is 1. The monoisotopic (exact) mass is 277 g/mol. The Hall–Kier alpha value is -2.35. The van der Waals surface area contributed by atoms with Gasteiger partial charge in [-0.25, -0.2) is 9.18 Å². The maximum absolute atomic E-state index is 12.9. The van der Waals surface area contributed by atoms with Crippen LogP contribution in [0.1, 0.15) is 25.3 Å². The molecule has 0 aliphatic heterocycles. The van der Waals surface area contributed by atoms with E-state index < -0.39 is 29.7 Å². The van der Waals surface area contributed by atoms with Gasteiger partial charge in [-0.3, -0.25) is 4.79 Å². The van der Waals surface area contributed by atoms with Gasteiger partial charge in [0.15, 0.2) is 0 Å². The molecule has 0 unspecified atom stereocenters. The van der Waals surface area contributed by atoms with Gasteiger partial charge in [0.1, 0.15) is 11.9 Å². The summed E-state index contributed by atoms with van der Waals surface area (Å²) in [6, 6.07) is 4.45. The average Bonchev–Trinajstić information content (AvgIpc) is 2.40. The van der Waals surface area contributed by atoms with Crippen molar-refractivity contribution < 1.29 is 18.7 Å². The van der Waals surface area contributed by atoms with E-state index in [1.165, 1.54) is 31.2 Å². The predicted molar refractivity (Wildman–Crippen MR) is 72.2 cm³/mol. The molecule has 0 saturated heterocycles. The molecule has 4 nitrogen and oxygen atoms in total. The lowest BCUT2D eigenvalue weighted by molar-refractivity contribution is -0.147. The number of rotatable bonds is 5. The molecule has 106 valence electrons. The van der Waals surface area contributed by atoms with Crippen LogP contribution in [0.15, 0.2) is 24.3 Å². The number of nitrogens with one attached hydrogen (secondary N) is 1. The van der Waals surface area contributed by atoms with E-state index in [1.54, 1.807) is 6.92 Å². The third-order valence-electron chi connectivity index (χ3n) is 2.64. The zero-order valence-electron chi connectivity index (χ0n) is 11.4. The number of carbonyl (C=O) groups is 2. The van der Waals surface area contributed by atoms with Gasteiger partial charge in [-0.2, -0.15) is 0 Å². The first-order valence-electron chi connectivity index (χ1n) is 6.15. The summed E-state index contributed by atoms with van der Waals surface area (Å²) in [5.41, 5.74) is 0.556. The average molecular weight is 277 g/mol. The fraction of sp³-hybridized carbons (Fsp3) is 0.333. The van der Waals surface area contributed by atoms with Gasteiger partial charge < -0.3 is 10.1 Å². The molecule has 0 radical (unpaired) electrons. The summed E-state index contributed by atoms with van der Waals surface area (Å²) in [6.45, 7) is 3.12. The molecule has 0 aromatic heterocycles. The molecule has 20 heavy (non-hydrogen) atoms. The quantitative estimate of drug-likeness (QED) is 0.657. The first kappa shape index (κ1) is 15.7. The lowest BCUT2D eigenvalue weighted by Crippen LogP contribution is -2.44. The third-order valence-corrected chi connectivity index (χ3v) is 2.64. The molecule has 0 bridgehead atoms. The fourth-order valence-electron chi connectivity index (χ4n) is 1.78. The molecule has 1 aromatic rings. The first-order valence-corrected chi connectivity index (χ1v) is 6.15. The lowest BCUT2D eigenvalue weighted by Gasteiger charge is -2.22. The van der Waals surface area contributed by atoms with Crippen LogP contribution in [0.2, 0.25) is 0 Å². The summed E-state index contributed by atoms with van der Waals surface area (Å²) in [4.78, 5) is 23.1. The van der Waals surface area contributed by atoms with E-state index in [-0.39, 0.29) is 6.61 Å². The normalized spacial score (nSPS) is 12.9. The van der Waals surface area contributed by atoms with Crippen molar-refractivity contribution in [2.75, 3.05) is 6.61 Å².